The molecule has 1 fully saturated rings. The molecule has 0 amide bonds. The highest BCUT2D eigenvalue weighted by atomic mass is 79.9. The largest absolute Gasteiger partial charge is 0.383 e. The maximum Gasteiger partial charge on any atom is 0.141 e. The van der Waals surface area contributed by atoms with Crippen molar-refractivity contribution in [2.24, 2.45) is 5.92 Å². The van der Waals surface area contributed by atoms with E-state index < -0.39 is 0 Å². The fourth-order valence-corrected chi connectivity index (χ4v) is 2.96. The van der Waals surface area contributed by atoms with Crippen LogP contribution in [-0.4, -0.2) is 9.97 Å². The maximum absolute atomic E-state index is 5.97. The Morgan fingerprint density at radius 2 is 1.94 bits per heavy atom. The first-order chi connectivity index (χ1) is 8.08. The molecule has 3 nitrogen and oxygen atoms in total. The second-order valence-electron chi connectivity index (χ2n) is 5.30. The summed E-state index contributed by atoms with van der Waals surface area (Å²) in [4.78, 5) is 9.08. The van der Waals surface area contributed by atoms with E-state index in [1.54, 1.807) is 0 Å². The predicted octanol–water partition coefficient (Wildman–Crippen LogP) is 3.68. The highest BCUT2D eigenvalue weighted by Gasteiger charge is 2.23. The van der Waals surface area contributed by atoms with Gasteiger partial charge in [0, 0.05) is 12.3 Å². The lowest BCUT2D eigenvalue weighted by Gasteiger charge is -2.14. The standard InChI is InChI=1S/C13H20BrN3/c1-8(2)7-10-16-12(9-5-3-4-6-9)11(14)13(15)17-10/h8-9H,3-7H2,1-2H3,(H2,15,16,17). The Hall–Kier alpha value is -0.640. The van der Waals surface area contributed by atoms with Gasteiger partial charge in [0.05, 0.1) is 10.2 Å². The molecule has 2 N–H and O–H groups in total. The molecule has 0 saturated heterocycles. The summed E-state index contributed by atoms with van der Waals surface area (Å²) >= 11 is 3.54. The number of anilines is 1. The number of hydrogen-bond donors (Lipinski definition) is 1. The fraction of sp³-hybridized carbons (Fsp3) is 0.692. The van der Waals surface area contributed by atoms with Crippen molar-refractivity contribution in [2.75, 3.05) is 5.73 Å². The van der Waals surface area contributed by atoms with Crippen LogP contribution in [0, 0.1) is 5.92 Å². The van der Waals surface area contributed by atoms with Crippen LogP contribution in [-0.2, 0) is 6.42 Å². The van der Waals surface area contributed by atoms with Crippen LogP contribution in [0.25, 0.3) is 0 Å². The van der Waals surface area contributed by atoms with Crippen molar-refractivity contribution in [3.8, 4) is 0 Å². The minimum atomic E-state index is 0.562. The Kier molecular flexibility index (Phi) is 4.02. The molecular weight excluding hydrogens is 278 g/mol. The van der Waals surface area contributed by atoms with Crippen molar-refractivity contribution in [2.45, 2.75) is 51.9 Å². The smallest absolute Gasteiger partial charge is 0.141 e. The predicted molar refractivity (Wildman–Crippen MR) is 73.9 cm³/mol. The number of hydrogen-bond acceptors (Lipinski definition) is 3. The van der Waals surface area contributed by atoms with E-state index >= 15 is 0 Å². The van der Waals surface area contributed by atoms with Crippen molar-refractivity contribution in [3.05, 3.63) is 16.0 Å². The maximum atomic E-state index is 5.97. The molecule has 0 bridgehead atoms. The van der Waals surface area contributed by atoms with Crippen LogP contribution >= 0.6 is 15.9 Å². The Morgan fingerprint density at radius 1 is 1.29 bits per heavy atom. The van der Waals surface area contributed by atoms with Crippen LogP contribution in [0.2, 0.25) is 0 Å². The topological polar surface area (TPSA) is 51.8 Å². The lowest BCUT2D eigenvalue weighted by Crippen LogP contribution is -2.09. The number of nitrogen functional groups attached to an aromatic ring is 1. The van der Waals surface area contributed by atoms with Gasteiger partial charge in [0.2, 0.25) is 0 Å². The molecule has 1 heterocycles. The quantitative estimate of drug-likeness (QED) is 0.926. The molecule has 1 aromatic heterocycles. The fourth-order valence-electron chi connectivity index (χ4n) is 2.46. The number of aromatic nitrogens is 2. The molecule has 1 aliphatic rings. The van der Waals surface area contributed by atoms with Crippen LogP contribution in [0.5, 0.6) is 0 Å². The van der Waals surface area contributed by atoms with Crippen LogP contribution in [0.1, 0.15) is 57.0 Å². The first kappa shape index (κ1) is 12.8. The summed E-state index contributed by atoms with van der Waals surface area (Å²) in [6.07, 6.45) is 5.98. The first-order valence-corrected chi connectivity index (χ1v) is 7.19. The second-order valence-corrected chi connectivity index (χ2v) is 6.10. The average molecular weight is 298 g/mol. The number of halogens is 1. The molecule has 0 atom stereocenters. The Balaban J connectivity index is 2.32. The summed E-state index contributed by atoms with van der Waals surface area (Å²) in [6.45, 7) is 4.35. The van der Waals surface area contributed by atoms with Crippen molar-refractivity contribution in [3.63, 3.8) is 0 Å². The van der Waals surface area contributed by atoms with E-state index in [1.807, 2.05) is 0 Å². The normalized spacial score (nSPS) is 16.9. The van der Waals surface area contributed by atoms with E-state index in [1.165, 1.54) is 25.7 Å². The van der Waals surface area contributed by atoms with Crippen molar-refractivity contribution in [1.82, 2.24) is 9.97 Å². The summed E-state index contributed by atoms with van der Waals surface area (Å²) < 4.78 is 0.914. The molecule has 0 aliphatic heterocycles. The SMILES string of the molecule is CC(C)Cc1nc(N)c(Br)c(C2CCCC2)n1. The lowest BCUT2D eigenvalue weighted by atomic mass is 10.0. The highest BCUT2D eigenvalue weighted by Crippen LogP contribution is 2.38. The molecule has 17 heavy (non-hydrogen) atoms. The molecule has 0 radical (unpaired) electrons. The average Bonchev–Trinajstić information content (AvgIpc) is 2.75. The number of nitrogens with two attached hydrogens (primary N) is 1. The molecule has 1 aliphatic carbocycles. The summed E-state index contributed by atoms with van der Waals surface area (Å²) in [5, 5.41) is 0. The van der Waals surface area contributed by atoms with Gasteiger partial charge < -0.3 is 5.73 Å². The van der Waals surface area contributed by atoms with E-state index in [2.05, 4.69) is 34.8 Å². The van der Waals surface area contributed by atoms with Gasteiger partial charge in [-0.3, -0.25) is 0 Å². The Bertz CT molecular complexity index is 398. The Morgan fingerprint density at radius 3 is 2.53 bits per heavy atom. The zero-order valence-corrected chi connectivity index (χ0v) is 12.1. The minimum absolute atomic E-state index is 0.562. The number of nitrogens with zero attached hydrogens (tertiary/aromatic N) is 2. The zero-order chi connectivity index (χ0) is 12.4. The van der Waals surface area contributed by atoms with E-state index in [0.717, 1.165) is 22.4 Å². The summed E-state index contributed by atoms with van der Waals surface area (Å²) in [5.74, 6) is 2.62. The van der Waals surface area contributed by atoms with E-state index in [4.69, 9.17) is 10.7 Å². The van der Waals surface area contributed by atoms with E-state index in [9.17, 15) is 0 Å². The van der Waals surface area contributed by atoms with Gasteiger partial charge in [0.1, 0.15) is 11.6 Å². The minimum Gasteiger partial charge on any atom is -0.383 e. The van der Waals surface area contributed by atoms with Crippen LogP contribution in [0.15, 0.2) is 4.47 Å². The van der Waals surface area contributed by atoms with Gasteiger partial charge in [-0.2, -0.15) is 0 Å². The summed E-state index contributed by atoms with van der Waals surface area (Å²) in [6, 6.07) is 0. The van der Waals surface area contributed by atoms with Crippen LogP contribution in [0.4, 0.5) is 5.82 Å². The third-order valence-corrected chi connectivity index (χ3v) is 4.09. The van der Waals surface area contributed by atoms with Crippen LogP contribution in [0.3, 0.4) is 0 Å². The van der Waals surface area contributed by atoms with Gasteiger partial charge >= 0.3 is 0 Å². The van der Waals surface area contributed by atoms with Gasteiger partial charge in [0.15, 0.2) is 0 Å². The second kappa shape index (κ2) is 5.34. The molecule has 2 rings (SSSR count). The lowest BCUT2D eigenvalue weighted by molar-refractivity contribution is 0.607. The van der Waals surface area contributed by atoms with Gasteiger partial charge in [0.25, 0.3) is 0 Å². The van der Waals surface area contributed by atoms with Gasteiger partial charge in [-0.05, 0) is 34.7 Å². The molecule has 0 spiro atoms. The molecule has 4 heteroatoms. The molecule has 1 saturated carbocycles. The molecule has 94 valence electrons. The molecular formula is C13H20BrN3. The molecule has 0 aromatic carbocycles. The summed E-state index contributed by atoms with van der Waals surface area (Å²) in [5.41, 5.74) is 7.10. The molecule has 1 aromatic rings. The first-order valence-electron chi connectivity index (χ1n) is 6.39. The van der Waals surface area contributed by atoms with Gasteiger partial charge in [-0.15, -0.1) is 0 Å². The Labute approximate surface area is 111 Å². The summed E-state index contributed by atoms with van der Waals surface area (Å²) in [7, 11) is 0. The number of rotatable bonds is 3. The third-order valence-electron chi connectivity index (χ3n) is 3.28. The highest BCUT2D eigenvalue weighted by molar-refractivity contribution is 9.10. The zero-order valence-electron chi connectivity index (χ0n) is 10.5. The van der Waals surface area contributed by atoms with Crippen molar-refractivity contribution >= 4 is 21.7 Å². The molecule has 0 unspecified atom stereocenters. The van der Waals surface area contributed by atoms with Crippen molar-refractivity contribution in [1.29, 1.82) is 0 Å². The van der Waals surface area contributed by atoms with E-state index in [0.29, 0.717) is 17.7 Å². The van der Waals surface area contributed by atoms with Crippen LogP contribution < -0.4 is 5.73 Å². The monoisotopic (exact) mass is 297 g/mol. The van der Waals surface area contributed by atoms with Gasteiger partial charge in [-0.1, -0.05) is 26.7 Å². The van der Waals surface area contributed by atoms with Gasteiger partial charge in [-0.25, -0.2) is 9.97 Å². The third kappa shape index (κ3) is 2.97. The van der Waals surface area contributed by atoms with E-state index in [-0.39, 0.29) is 0 Å². The van der Waals surface area contributed by atoms with Crippen molar-refractivity contribution < 1.29 is 0 Å².